The van der Waals surface area contributed by atoms with Crippen LogP contribution in [0.5, 0.6) is 0 Å². The molecule has 0 spiro atoms. The van der Waals surface area contributed by atoms with Gasteiger partial charge in [0.2, 0.25) is 0 Å². The number of fused-ring (bicyclic) bond motifs is 1. The van der Waals surface area contributed by atoms with E-state index in [1.807, 2.05) is 13.0 Å². The van der Waals surface area contributed by atoms with Crippen LogP contribution in [0.4, 0.5) is 0 Å². The zero-order valence-electron chi connectivity index (χ0n) is 9.91. The summed E-state index contributed by atoms with van der Waals surface area (Å²) in [5.74, 6) is 1.22. The van der Waals surface area contributed by atoms with Crippen LogP contribution in [0.1, 0.15) is 36.1 Å². The second-order valence-corrected chi connectivity index (χ2v) is 4.34. The molecule has 0 aliphatic carbocycles. The Kier molecular flexibility index (Phi) is 2.82. The van der Waals surface area contributed by atoms with Crippen molar-refractivity contribution in [1.82, 2.24) is 0 Å². The number of aldehydes is 1. The topological polar surface area (TPSA) is 30.2 Å². The minimum absolute atomic E-state index is 0.257. The van der Waals surface area contributed by atoms with Gasteiger partial charge < -0.3 is 9.21 Å². The number of benzene rings is 1. The molecule has 0 saturated heterocycles. The van der Waals surface area contributed by atoms with Gasteiger partial charge in [-0.1, -0.05) is 19.1 Å². The minimum atomic E-state index is 0.257. The Morgan fingerprint density at radius 2 is 2.12 bits per heavy atom. The quantitative estimate of drug-likeness (QED) is 0.731. The third kappa shape index (κ3) is 1.75. The van der Waals surface area contributed by atoms with Crippen molar-refractivity contribution in [2.75, 3.05) is 0 Å². The minimum Gasteiger partial charge on any atom is -0.461 e. The van der Waals surface area contributed by atoms with Gasteiger partial charge in [-0.2, -0.15) is 0 Å². The van der Waals surface area contributed by atoms with Crippen LogP contribution >= 0.6 is 0 Å². The molecule has 0 fully saturated rings. The molecule has 1 aromatic carbocycles. The van der Waals surface area contributed by atoms with E-state index in [4.69, 9.17) is 4.42 Å². The number of rotatable bonds is 3. The molecule has 0 radical (unpaired) electrons. The Morgan fingerprint density at radius 1 is 1.38 bits per heavy atom. The van der Waals surface area contributed by atoms with Crippen molar-refractivity contribution < 1.29 is 9.21 Å². The van der Waals surface area contributed by atoms with E-state index < -0.39 is 0 Å². The molecule has 2 aromatic rings. The number of carbonyl (C=O) groups excluding carboxylic acids is 1. The summed E-state index contributed by atoms with van der Waals surface area (Å²) in [4.78, 5) is 10.5. The lowest BCUT2D eigenvalue weighted by Crippen LogP contribution is -1.93. The van der Waals surface area contributed by atoms with Gasteiger partial charge in [-0.15, -0.1) is 0 Å². The molecule has 0 aliphatic rings. The summed E-state index contributed by atoms with van der Waals surface area (Å²) in [7, 11) is 0. The molecule has 16 heavy (non-hydrogen) atoms. The molecule has 0 saturated carbocycles. The lowest BCUT2D eigenvalue weighted by Gasteiger charge is -2.07. The molecule has 1 atom stereocenters. The van der Waals surface area contributed by atoms with Gasteiger partial charge in [0.15, 0.2) is 0 Å². The first-order chi connectivity index (χ1) is 7.63. The maximum absolute atomic E-state index is 10.5. The van der Waals surface area contributed by atoms with Crippen molar-refractivity contribution in [2.24, 2.45) is 0 Å². The standard InChI is InChI=1S/C14H16O2/c1-9(6-7-15)12-4-5-13-10(2)11(3)16-14(13)8-12/h4-5,7-9H,6H2,1-3H3. The Balaban J connectivity index is 2.48. The van der Waals surface area contributed by atoms with Crippen molar-refractivity contribution in [3.05, 3.63) is 35.1 Å². The van der Waals surface area contributed by atoms with Gasteiger partial charge in [-0.05, 0) is 37.0 Å². The van der Waals surface area contributed by atoms with Gasteiger partial charge in [0.25, 0.3) is 0 Å². The highest BCUT2D eigenvalue weighted by Crippen LogP contribution is 2.28. The van der Waals surface area contributed by atoms with Crippen molar-refractivity contribution in [3.8, 4) is 0 Å². The molecular formula is C14H16O2. The van der Waals surface area contributed by atoms with Crippen molar-refractivity contribution >= 4 is 17.3 Å². The van der Waals surface area contributed by atoms with E-state index in [1.165, 1.54) is 10.9 Å². The molecule has 0 aliphatic heterocycles. The molecule has 1 heterocycles. The molecule has 0 bridgehead atoms. The van der Waals surface area contributed by atoms with Crippen LogP contribution in [0, 0.1) is 13.8 Å². The lowest BCUT2D eigenvalue weighted by molar-refractivity contribution is -0.108. The highest BCUT2D eigenvalue weighted by molar-refractivity contribution is 5.82. The SMILES string of the molecule is Cc1oc2cc(C(C)CC=O)ccc2c1C. The highest BCUT2D eigenvalue weighted by Gasteiger charge is 2.10. The predicted molar refractivity (Wildman–Crippen MR) is 64.8 cm³/mol. The van der Waals surface area contributed by atoms with Crippen molar-refractivity contribution in [1.29, 1.82) is 0 Å². The molecule has 2 rings (SSSR count). The first-order valence-corrected chi connectivity index (χ1v) is 5.56. The molecule has 0 amide bonds. The van der Waals surface area contributed by atoms with Gasteiger partial charge in [0.05, 0.1) is 0 Å². The molecule has 1 aromatic heterocycles. The van der Waals surface area contributed by atoms with E-state index in [2.05, 4.69) is 26.0 Å². The monoisotopic (exact) mass is 216 g/mol. The molecule has 0 N–H and O–H groups in total. The third-order valence-electron chi connectivity index (χ3n) is 3.22. The summed E-state index contributed by atoms with van der Waals surface area (Å²) in [5.41, 5.74) is 3.28. The normalized spacial score (nSPS) is 12.9. The smallest absolute Gasteiger partial charge is 0.134 e. The Labute approximate surface area is 95.3 Å². The Bertz CT molecular complexity index is 523. The van der Waals surface area contributed by atoms with Crippen molar-refractivity contribution in [3.63, 3.8) is 0 Å². The number of hydrogen-bond acceptors (Lipinski definition) is 2. The van der Waals surface area contributed by atoms with E-state index in [0.717, 1.165) is 23.2 Å². The van der Waals surface area contributed by atoms with Gasteiger partial charge in [0, 0.05) is 11.8 Å². The average Bonchev–Trinajstić information content (AvgIpc) is 2.55. The highest BCUT2D eigenvalue weighted by atomic mass is 16.3. The second kappa shape index (κ2) is 4.12. The second-order valence-electron chi connectivity index (χ2n) is 4.34. The van der Waals surface area contributed by atoms with E-state index >= 15 is 0 Å². The Hall–Kier alpha value is -1.57. The van der Waals surface area contributed by atoms with Gasteiger partial charge in [-0.25, -0.2) is 0 Å². The number of carbonyl (C=O) groups is 1. The maximum Gasteiger partial charge on any atom is 0.134 e. The molecule has 2 heteroatoms. The van der Waals surface area contributed by atoms with E-state index in [1.54, 1.807) is 0 Å². The zero-order valence-corrected chi connectivity index (χ0v) is 9.91. The molecule has 1 unspecified atom stereocenters. The fourth-order valence-corrected chi connectivity index (χ4v) is 1.95. The molecule has 2 nitrogen and oxygen atoms in total. The number of furan rings is 1. The summed E-state index contributed by atoms with van der Waals surface area (Å²) < 4.78 is 5.68. The summed E-state index contributed by atoms with van der Waals surface area (Å²) in [6.07, 6.45) is 1.53. The predicted octanol–water partition coefficient (Wildman–Crippen LogP) is 3.74. The summed E-state index contributed by atoms with van der Waals surface area (Å²) >= 11 is 0. The van der Waals surface area contributed by atoms with Gasteiger partial charge in [-0.3, -0.25) is 0 Å². The van der Waals surface area contributed by atoms with E-state index in [0.29, 0.717) is 6.42 Å². The fraction of sp³-hybridized carbons (Fsp3) is 0.357. The first kappa shape index (κ1) is 10.9. The van der Waals surface area contributed by atoms with Crippen molar-refractivity contribution in [2.45, 2.75) is 33.1 Å². The van der Waals surface area contributed by atoms with Crippen LogP contribution < -0.4 is 0 Å². The third-order valence-corrected chi connectivity index (χ3v) is 3.22. The molecular weight excluding hydrogens is 200 g/mol. The summed E-state index contributed by atoms with van der Waals surface area (Å²) in [6, 6.07) is 6.21. The van der Waals surface area contributed by atoms with Crippen LogP contribution in [0.25, 0.3) is 11.0 Å². The molecule has 84 valence electrons. The van der Waals surface area contributed by atoms with Crippen LogP contribution in [0.15, 0.2) is 22.6 Å². The Morgan fingerprint density at radius 3 is 2.81 bits per heavy atom. The fourth-order valence-electron chi connectivity index (χ4n) is 1.95. The number of hydrogen-bond donors (Lipinski definition) is 0. The van der Waals surface area contributed by atoms with Gasteiger partial charge in [0.1, 0.15) is 17.6 Å². The van der Waals surface area contributed by atoms with Crippen LogP contribution in [0.3, 0.4) is 0 Å². The van der Waals surface area contributed by atoms with Crippen LogP contribution in [-0.2, 0) is 4.79 Å². The number of aryl methyl sites for hydroxylation is 2. The maximum atomic E-state index is 10.5. The average molecular weight is 216 g/mol. The van der Waals surface area contributed by atoms with Crippen LogP contribution in [-0.4, -0.2) is 6.29 Å². The van der Waals surface area contributed by atoms with Gasteiger partial charge >= 0.3 is 0 Å². The van der Waals surface area contributed by atoms with Crippen LogP contribution in [0.2, 0.25) is 0 Å². The zero-order chi connectivity index (χ0) is 11.7. The summed E-state index contributed by atoms with van der Waals surface area (Å²) in [5, 5.41) is 1.17. The van der Waals surface area contributed by atoms with E-state index in [9.17, 15) is 4.79 Å². The lowest BCUT2D eigenvalue weighted by atomic mass is 9.97. The summed E-state index contributed by atoms with van der Waals surface area (Å²) in [6.45, 7) is 6.10. The first-order valence-electron chi connectivity index (χ1n) is 5.56. The largest absolute Gasteiger partial charge is 0.461 e. The van der Waals surface area contributed by atoms with E-state index in [-0.39, 0.29) is 5.92 Å².